The second-order valence-corrected chi connectivity index (χ2v) is 10.6. The zero-order valence-corrected chi connectivity index (χ0v) is 23.9. The molecule has 42 heavy (non-hydrogen) atoms. The number of carboxylic acids is 1. The minimum absolute atomic E-state index is 0.00966. The van der Waals surface area contributed by atoms with Gasteiger partial charge in [0.1, 0.15) is 16.4 Å². The Kier molecular flexibility index (Phi) is 8.97. The Hall–Kier alpha value is -4.30. The number of fused-ring (bicyclic) bond motifs is 1. The molecule has 2 amide bonds. The van der Waals surface area contributed by atoms with E-state index in [0.29, 0.717) is 23.2 Å². The highest BCUT2D eigenvalue weighted by Crippen LogP contribution is 2.39. The number of aromatic nitrogens is 3. The molecule has 0 aliphatic rings. The Bertz CT molecular complexity index is 1700. The highest BCUT2D eigenvalue weighted by atomic mass is 32.1. The highest BCUT2D eigenvalue weighted by molar-refractivity contribution is 7.13. The Morgan fingerprint density at radius 3 is 2.52 bits per heavy atom. The molecule has 222 valence electrons. The SMILES string of the molecule is CCNC(=O)Nc1cc(-c2nc(C(F)(F)F)cs2)c(-c2ccc3c(c2)c(=O)c(C(=O)O)cn3C(COC)C(C)C)cn1. The van der Waals surface area contributed by atoms with Crippen molar-refractivity contribution >= 4 is 40.1 Å². The predicted molar refractivity (Wildman–Crippen MR) is 153 cm³/mol. The van der Waals surface area contributed by atoms with Crippen molar-refractivity contribution in [2.45, 2.75) is 33.0 Å². The van der Waals surface area contributed by atoms with Crippen molar-refractivity contribution < 1.29 is 32.6 Å². The zero-order chi connectivity index (χ0) is 30.8. The van der Waals surface area contributed by atoms with Crippen molar-refractivity contribution in [2.24, 2.45) is 5.92 Å². The Balaban J connectivity index is 1.96. The third-order valence-corrected chi connectivity index (χ3v) is 7.42. The van der Waals surface area contributed by atoms with E-state index in [0.717, 1.165) is 16.7 Å². The summed E-state index contributed by atoms with van der Waals surface area (Å²) >= 11 is 0.760. The lowest BCUT2D eigenvalue weighted by Gasteiger charge is -2.26. The number of nitrogens with one attached hydrogen (secondary N) is 2. The maximum absolute atomic E-state index is 13.4. The Labute approximate surface area is 242 Å². The quantitative estimate of drug-likeness (QED) is 0.217. The van der Waals surface area contributed by atoms with Gasteiger partial charge in [-0.3, -0.25) is 10.1 Å². The number of ether oxygens (including phenoxy) is 1. The van der Waals surface area contributed by atoms with Crippen LogP contribution >= 0.6 is 11.3 Å². The molecule has 0 fully saturated rings. The first-order valence-electron chi connectivity index (χ1n) is 12.8. The van der Waals surface area contributed by atoms with E-state index in [4.69, 9.17) is 4.74 Å². The van der Waals surface area contributed by atoms with E-state index in [-0.39, 0.29) is 40.3 Å². The summed E-state index contributed by atoms with van der Waals surface area (Å²) in [6, 6.07) is 5.35. The molecule has 0 radical (unpaired) electrons. The number of hydrogen-bond acceptors (Lipinski definition) is 7. The highest BCUT2D eigenvalue weighted by Gasteiger charge is 2.34. The number of nitrogens with zero attached hydrogens (tertiary/aromatic N) is 3. The number of benzene rings is 1. The molecule has 0 aliphatic carbocycles. The third kappa shape index (κ3) is 6.29. The summed E-state index contributed by atoms with van der Waals surface area (Å²) < 4.78 is 47.2. The minimum atomic E-state index is -4.67. The fourth-order valence-corrected chi connectivity index (χ4v) is 5.35. The van der Waals surface area contributed by atoms with Crippen molar-refractivity contribution in [3.8, 4) is 21.7 Å². The number of carbonyl (C=O) groups is 2. The summed E-state index contributed by atoms with van der Waals surface area (Å²) in [5, 5.41) is 15.9. The lowest BCUT2D eigenvalue weighted by atomic mass is 9.98. The summed E-state index contributed by atoms with van der Waals surface area (Å²) in [5.41, 5.74) is -0.825. The van der Waals surface area contributed by atoms with E-state index in [1.165, 1.54) is 31.6 Å². The van der Waals surface area contributed by atoms with Gasteiger partial charge >= 0.3 is 18.2 Å². The van der Waals surface area contributed by atoms with Gasteiger partial charge in [0, 0.05) is 47.9 Å². The van der Waals surface area contributed by atoms with Gasteiger partial charge < -0.3 is 19.7 Å². The molecule has 14 heteroatoms. The van der Waals surface area contributed by atoms with Gasteiger partial charge in [-0.1, -0.05) is 19.9 Å². The number of carboxylic acid groups (broad SMARTS) is 1. The second-order valence-electron chi connectivity index (χ2n) is 9.72. The van der Waals surface area contributed by atoms with Crippen LogP contribution in [0.1, 0.15) is 42.9 Å². The average molecular weight is 604 g/mol. The van der Waals surface area contributed by atoms with Crippen molar-refractivity contribution in [1.82, 2.24) is 19.9 Å². The largest absolute Gasteiger partial charge is 0.477 e. The number of rotatable bonds is 9. The molecule has 4 aromatic rings. The molecule has 3 heterocycles. The number of alkyl halides is 3. The van der Waals surface area contributed by atoms with E-state index < -0.39 is 34.9 Å². The first-order valence-corrected chi connectivity index (χ1v) is 13.7. The van der Waals surface area contributed by atoms with Gasteiger partial charge in [-0.15, -0.1) is 11.3 Å². The molecule has 10 nitrogen and oxygen atoms in total. The first-order chi connectivity index (χ1) is 19.8. The molecule has 1 atom stereocenters. The van der Waals surface area contributed by atoms with Gasteiger partial charge in [-0.2, -0.15) is 13.2 Å². The number of aromatic carboxylic acids is 1. The van der Waals surface area contributed by atoms with Gasteiger partial charge in [-0.05, 0) is 36.6 Å². The molecule has 0 saturated carbocycles. The lowest BCUT2D eigenvalue weighted by molar-refractivity contribution is -0.140. The first kappa shape index (κ1) is 30.7. The summed E-state index contributed by atoms with van der Waals surface area (Å²) in [4.78, 5) is 45.5. The molecule has 4 rings (SSSR count). The van der Waals surface area contributed by atoms with Crippen LogP contribution in [0.5, 0.6) is 0 Å². The smallest absolute Gasteiger partial charge is 0.434 e. The fourth-order valence-electron chi connectivity index (χ4n) is 4.49. The summed E-state index contributed by atoms with van der Waals surface area (Å²) in [6.07, 6.45) is -2.01. The number of amides is 2. The number of halogens is 3. The van der Waals surface area contributed by atoms with Gasteiger partial charge in [0.15, 0.2) is 5.69 Å². The van der Waals surface area contributed by atoms with Crippen molar-refractivity contribution in [3.63, 3.8) is 0 Å². The van der Waals surface area contributed by atoms with Crippen molar-refractivity contribution in [2.75, 3.05) is 25.6 Å². The predicted octanol–water partition coefficient (Wildman–Crippen LogP) is 5.89. The molecule has 0 spiro atoms. The number of carbonyl (C=O) groups excluding carboxylic acids is 1. The molecule has 3 aromatic heterocycles. The molecule has 0 bridgehead atoms. The molecule has 1 aromatic carbocycles. The number of urea groups is 1. The van der Waals surface area contributed by atoms with E-state index in [9.17, 15) is 32.7 Å². The maximum atomic E-state index is 13.4. The number of thiazole rings is 1. The van der Waals surface area contributed by atoms with Crippen LogP contribution in [0.25, 0.3) is 32.6 Å². The average Bonchev–Trinajstić information content (AvgIpc) is 3.43. The normalized spacial score (nSPS) is 12.5. The number of pyridine rings is 2. The standard InChI is InChI=1S/C28H28F3N5O5S/c1-5-32-27(40)35-23-9-16(25-34-22(13-42-25)28(29,30)31)18(10-33-23)15-6-7-20-17(8-15)24(37)19(26(38)39)11-36(20)21(12-41-4)14(2)3/h6-11,13-14,21H,5,12H2,1-4H3,(H,38,39)(H2,32,33,35,40). The fraction of sp³-hybridized carbons (Fsp3) is 0.321. The van der Waals surface area contributed by atoms with Crippen molar-refractivity contribution in [3.05, 3.63) is 63.5 Å². The van der Waals surface area contributed by atoms with Gasteiger partial charge in [0.05, 0.1) is 18.2 Å². The Morgan fingerprint density at radius 2 is 1.93 bits per heavy atom. The van der Waals surface area contributed by atoms with E-state index >= 15 is 0 Å². The van der Waals surface area contributed by atoms with Crippen LogP contribution in [0.3, 0.4) is 0 Å². The second kappa shape index (κ2) is 12.3. The van der Waals surface area contributed by atoms with Gasteiger partial charge in [-0.25, -0.2) is 19.6 Å². The molecular formula is C28H28F3N5O5S. The van der Waals surface area contributed by atoms with Crippen LogP contribution in [0.15, 0.2) is 46.8 Å². The molecular weight excluding hydrogens is 575 g/mol. The summed E-state index contributed by atoms with van der Waals surface area (Å²) in [7, 11) is 1.53. The van der Waals surface area contributed by atoms with Crippen LogP contribution in [-0.4, -0.2) is 51.9 Å². The van der Waals surface area contributed by atoms with Crippen LogP contribution in [0.4, 0.5) is 23.8 Å². The molecule has 0 aliphatic heterocycles. The van der Waals surface area contributed by atoms with Crippen LogP contribution < -0.4 is 16.1 Å². The Morgan fingerprint density at radius 1 is 1.19 bits per heavy atom. The van der Waals surface area contributed by atoms with Crippen molar-refractivity contribution in [1.29, 1.82) is 0 Å². The van der Waals surface area contributed by atoms with Crippen LogP contribution in [0.2, 0.25) is 0 Å². The monoisotopic (exact) mass is 603 g/mol. The lowest BCUT2D eigenvalue weighted by Crippen LogP contribution is -2.28. The molecule has 3 N–H and O–H groups in total. The number of hydrogen-bond donors (Lipinski definition) is 3. The topological polar surface area (TPSA) is 135 Å². The maximum Gasteiger partial charge on any atom is 0.434 e. The number of anilines is 1. The summed E-state index contributed by atoms with van der Waals surface area (Å²) in [6.45, 7) is 6.21. The number of methoxy groups -OCH3 is 1. The summed E-state index contributed by atoms with van der Waals surface area (Å²) in [5.74, 6) is -1.31. The molecule has 1 unspecified atom stereocenters. The van der Waals surface area contributed by atoms with Gasteiger partial charge in [0.2, 0.25) is 5.43 Å². The third-order valence-electron chi connectivity index (χ3n) is 6.55. The van der Waals surface area contributed by atoms with E-state index in [2.05, 4.69) is 20.6 Å². The van der Waals surface area contributed by atoms with E-state index in [1.807, 2.05) is 13.8 Å². The zero-order valence-electron chi connectivity index (χ0n) is 23.1. The minimum Gasteiger partial charge on any atom is -0.477 e. The van der Waals surface area contributed by atoms with Crippen LogP contribution in [-0.2, 0) is 10.9 Å². The molecule has 0 saturated heterocycles. The van der Waals surface area contributed by atoms with E-state index in [1.54, 1.807) is 23.6 Å². The van der Waals surface area contributed by atoms with Crippen LogP contribution in [0, 0.1) is 5.92 Å². The van der Waals surface area contributed by atoms with Gasteiger partial charge in [0.25, 0.3) is 0 Å².